The first-order valence-electron chi connectivity index (χ1n) is 9.36. The number of rotatable bonds is 6. The van der Waals surface area contributed by atoms with Crippen molar-refractivity contribution in [1.29, 1.82) is 0 Å². The van der Waals surface area contributed by atoms with Crippen molar-refractivity contribution in [2.24, 2.45) is 17.6 Å². The molecule has 140 valence electrons. The highest BCUT2D eigenvalue weighted by Gasteiger charge is 2.38. The number of carbonyl (C=O) groups excluding carboxylic acids is 2. The molecular formula is C18H34ClN3O2. The molecule has 2 fully saturated rings. The molecule has 3 N–H and O–H groups in total. The molecule has 0 aromatic rings. The Labute approximate surface area is 152 Å². The molecule has 2 atom stereocenters. The number of hydrogen-bond donors (Lipinski definition) is 2. The summed E-state index contributed by atoms with van der Waals surface area (Å²) in [6, 6.07) is 0. The zero-order chi connectivity index (χ0) is 16.9. The molecule has 2 amide bonds. The summed E-state index contributed by atoms with van der Waals surface area (Å²) in [6.07, 6.45) is 7.63. The highest BCUT2D eigenvalue weighted by Crippen LogP contribution is 2.32. The van der Waals surface area contributed by atoms with Crippen molar-refractivity contribution in [2.45, 2.75) is 70.8 Å². The smallest absolute Gasteiger partial charge is 0.226 e. The molecule has 0 aromatic heterocycles. The van der Waals surface area contributed by atoms with Gasteiger partial charge in [0.2, 0.25) is 11.8 Å². The third-order valence-electron chi connectivity index (χ3n) is 5.86. The van der Waals surface area contributed by atoms with Gasteiger partial charge in [0.1, 0.15) is 0 Å². The fourth-order valence-corrected chi connectivity index (χ4v) is 3.81. The van der Waals surface area contributed by atoms with Crippen LogP contribution in [0.3, 0.4) is 0 Å². The second kappa shape index (κ2) is 9.62. The average molecular weight is 360 g/mol. The van der Waals surface area contributed by atoms with Crippen LogP contribution in [0.15, 0.2) is 0 Å². The minimum atomic E-state index is -0.335. The van der Waals surface area contributed by atoms with E-state index < -0.39 is 0 Å². The lowest BCUT2D eigenvalue weighted by atomic mass is 9.77. The highest BCUT2D eigenvalue weighted by molar-refractivity contribution is 5.88. The van der Waals surface area contributed by atoms with Crippen LogP contribution >= 0.6 is 12.4 Å². The average Bonchev–Trinajstić information content (AvgIpc) is 3.13. The molecule has 1 aliphatic heterocycles. The van der Waals surface area contributed by atoms with Gasteiger partial charge in [0.05, 0.1) is 0 Å². The summed E-state index contributed by atoms with van der Waals surface area (Å²) < 4.78 is 0. The zero-order valence-electron chi connectivity index (χ0n) is 15.2. The van der Waals surface area contributed by atoms with Crippen LogP contribution in [-0.4, -0.2) is 41.9 Å². The van der Waals surface area contributed by atoms with Crippen LogP contribution in [0.1, 0.15) is 65.2 Å². The third-order valence-corrected chi connectivity index (χ3v) is 5.86. The lowest BCUT2D eigenvalue weighted by molar-refractivity contribution is -0.143. The molecule has 2 unspecified atom stereocenters. The van der Waals surface area contributed by atoms with Crippen LogP contribution in [0, 0.1) is 11.8 Å². The van der Waals surface area contributed by atoms with E-state index in [2.05, 4.69) is 19.2 Å². The Bertz CT molecular complexity index is 420. The normalized spacial score (nSPS) is 24.4. The van der Waals surface area contributed by atoms with Crippen LogP contribution < -0.4 is 11.1 Å². The predicted octanol–water partition coefficient (Wildman–Crippen LogP) is 2.47. The van der Waals surface area contributed by atoms with Crippen LogP contribution in [0.4, 0.5) is 0 Å². The first kappa shape index (κ1) is 21.2. The summed E-state index contributed by atoms with van der Waals surface area (Å²) in [5, 5.41) is 3.04. The van der Waals surface area contributed by atoms with E-state index in [1.165, 1.54) is 0 Å². The number of nitrogens with two attached hydrogens (primary N) is 1. The van der Waals surface area contributed by atoms with Crippen molar-refractivity contribution in [3.63, 3.8) is 0 Å². The van der Waals surface area contributed by atoms with Gasteiger partial charge in [-0.25, -0.2) is 0 Å². The number of nitrogens with one attached hydrogen (secondary N) is 1. The number of likely N-dealkylation sites (tertiary alicyclic amines) is 1. The Morgan fingerprint density at radius 1 is 1.04 bits per heavy atom. The zero-order valence-corrected chi connectivity index (χ0v) is 16.0. The molecule has 0 aromatic carbocycles. The summed E-state index contributed by atoms with van der Waals surface area (Å²) in [5.74, 6) is -0.0709. The number of halogens is 1. The van der Waals surface area contributed by atoms with E-state index in [9.17, 15) is 9.59 Å². The molecule has 0 spiro atoms. The molecule has 1 aliphatic carbocycles. The summed E-state index contributed by atoms with van der Waals surface area (Å²) in [4.78, 5) is 27.4. The SMILES string of the molecule is CCC(N)(CC)CNC(=O)C1CCCCC1C(=O)N1CCCC1.Cl. The van der Waals surface area contributed by atoms with Gasteiger partial charge >= 0.3 is 0 Å². The molecule has 24 heavy (non-hydrogen) atoms. The van der Waals surface area contributed by atoms with Crippen LogP contribution in [0.5, 0.6) is 0 Å². The Morgan fingerprint density at radius 2 is 1.58 bits per heavy atom. The van der Waals surface area contributed by atoms with E-state index in [0.29, 0.717) is 6.54 Å². The van der Waals surface area contributed by atoms with Crippen molar-refractivity contribution in [1.82, 2.24) is 10.2 Å². The summed E-state index contributed by atoms with van der Waals surface area (Å²) in [6.45, 7) is 6.33. The fraction of sp³-hybridized carbons (Fsp3) is 0.889. The van der Waals surface area contributed by atoms with Crippen molar-refractivity contribution >= 4 is 24.2 Å². The van der Waals surface area contributed by atoms with Crippen molar-refractivity contribution in [3.05, 3.63) is 0 Å². The van der Waals surface area contributed by atoms with Gasteiger partial charge in [-0.1, -0.05) is 26.7 Å². The summed E-state index contributed by atoms with van der Waals surface area (Å²) in [5.41, 5.74) is 5.94. The Morgan fingerprint density at radius 3 is 2.12 bits per heavy atom. The quantitative estimate of drug-likeness (QED) is 0.764. The molecular weight excluding hydrogens is 326 g/mol. The minimum absolute atomic E-state index is 0. The van der Waals surface area contributed by atoms with Crippen LogP contribution in [-0.2, 0) is 9.59 Å². The van der Waals surface area contributed by atoms with Crippen LogP contribution in [0.2, 0.25) is 0 Å². The molecule has 0 bridgehead atoms. The number of amides is 2. The van der Waals surface area contributed by atoms with Gasteiger partial charge in [-0.15, -0.1) is 12.4 Å². The largest absolute Gasteiger partial charge is 0.354 e. The Kier molecular flexibility index (Phi) is 8.51. The van der Waals surface area contributed by atoms with E-state index in [-0.39, 0.29) is 41.6 Å². The van der Waals surface area contributed by atoms with E-state index >= 15 is 0 Å². The molecule has 1 saturated carbocycles. The van der Waals surface area contributed by atoms with Gasteiger partial charge in [-0.3, -0.25) is 9.59 Å². The molecule has 1 heterocycles. The van der Waals surface area contributed by atoms with Crippen LogP contribution in [0.25, 0.3) is 0 Å². The van der Waals surface area contributed by atoms with Gasteiger partial charge < -0.3 is 16.0 Å². The number of hydrogen-bond acceptors (Lipinski definition) is 3. The minimum Gasteiger partial charge on any atom is -0.354 e. The van der Waals surface area contributed by atoms with E-state index in [0.717, 1.165) is 64.5 Å². The lowest BCUT2D eigenvalue weighted by Crippen LogP contribution is -2.52. The predicted molar refractivity (Wildman–Crippen MR) is 99.0 cm³/mol. The molecule has 1 saturated heterocycles. The molecule has 6 heteroatoms. The van der Waals surface area contributed by atoms with Gasteiger partial charge in [0.25, 0.3) is 0 Å². The first-order chi connectivity index (χ1) is 11.0. The van der Waals surface area contributed by atoms with Crippen molar-refractivity contribution < 1.29 is 9.59 Å². The Hall–Kier alpha value is -0.810. The first-order valence-corrected chi connectivity index (χ1v) is 9.36. The van der Waals surface area contributed by atoms with E-state index in [1.807, 2.05) is 4.90 Å². The second-order valence-corrected chi connectivity index (χ2v) is 7.32. The van der Waals surface area contributed by atoms with Gasteiger partial charge in [-0.2, -0.15) is 0 Å². The van der Waals surface area contributed by atoms with E-state index in [1.54, 1.807) is 0 Å². The maximum Gasteiger partial charge on any atom is 0.226 e. The van der Waals surface area contributed by atoms with Crippen molar-refractivity contribution in [2.75, 3.05) is 19.6 Å². The topological polar surface area (TPSA) is 75.4 Å². The fourth-order valence-electron chi connectivity index (χ4n) is 3.81. The van der Waals surface area contributed by atoms with Gasteiger partial charge in [0, 0.05) is 37.0 Å². The molecule has 2 aliphatic rings. The Balaban J connectivity index is 0.00000288. The number of nitrogens with zero attached hydrogens (tertiary/aromatic N) is 1. The maximum atomic E-state index is 12.7. The standard InChI is InChI=1S/C18H33N3O2.ClH/c1-3-18(19,4-2)13-20-16(22)14-9-5-6-10-15(14)17(23)21-11-7-8-12-21;/h14-15H,3-13,19H2,1-2H3,(H,20,22);1H. The third kappa shape index (κ3) is 5.09. The molecule has 2 rings (SSSR count). The number of carbonyl (C=O) groups is 2. The molecule has 0 radical (unpaired) electrons. The van der Waals surface area contributed by atoms with Crippen molar-refractivity contribution in [3.8, 4) is 0 Å². The van der Waals surface area contributed by atoms with Gasteiger partial charge in [-0.05, 0) is 38.5 Å². The highest BCUT2D eigenvalue weighted by atomic mass is 35.5. The summed E-state index contributed by atoms with van der Waals surface area (Å²) >= 11 is 0. The van der Waals surface area contributed by atoms with Gasteiger partial charge in [0.15, 0.2) is 0 Å². The molecule has 5 nitrogen and oxygen atoms in total. The monoisotopic (exact) mass is 359 g/mol. The second-order valence-electron chi connectivity index (χ2n) is 7.32. The maximum absolute atomic E-state index is 12.7. The van der Waals surface area contributed by atoms with E-state index in [4.69, 9.17) is 5.73 Å². The summed E-state index contributed by atoms with van der Waals surface area (Å²) in [7, 11) is 0. The lowest BCUT2D eigenvalue weighted by Gasteiger charge is -2.34.